The lowest BCUT2D eigenvalue weighted by Crippen LogP contribution is -2.21. The minimum absolute atomic E-state index is 0.0160. The molecule has 26 heavy (non-hydrogen) atoms. The molecule has 2 aromatic rings. The van der Waals surface area contributed by atoms with E-state index in [0.717, 1.165) is 29.7 Å². The topological polar surface area (TPSA) is 62.1 Å². The number of carbonyl (C=O) groups excluding carboxylic acids is 1. The van der Waals surface area contributed by atoms with E-state index < -0.39 is 0 Å². The summed E-state index contributed by atoms with van der Waals surface area (Å²) < 4.78 is 6.13. The number of amides is 1. The van der Waals surface area contributed by atoms with Gasteiger partial charge in [-0.15, -0.1) is 0 Å². The highest BCUT2D eigenvalue weighted by Gasteiger charge is 2.14. The van der Waals surface area contributed by atoms with E-state index in [4.69, 9.17) is 10.00 Å². The minimum Gasteiger partial charge on any atom is -0.457 e. The van der Waals surface area contributed by atoms with Crippen molar-refractivity contribution in [2.24, 2.45) is 0 Å². The van der Waals surface area contributed by atoms with Crippen molar-refractivity contribution < 1.29 is 9.53 Å². The van der Waals surface area contributed by atoms with Crippen molar-refractivity contribution in [3.8, 4) is 17.6 Å². The van der Waals surface area contributed by atoms with Crippen LogP contribution in [-0.2, 0) is 17.6 Å². The Morgan fingerprint density at radius 1 is 1.27 bits per heavy atom. The summed E-state index contributed by atoms with van der Waals surface area (Å²) >= 11 is 0. The number of ether oxygens (including phenoxy) is 1. The minimum atomic E-state index is -0.0160. The maximum Gasteiger partial charge on any atom is 0.246 e. The second-order valence-corrected chi connectivity index (χ2v) is 7.63. The van der Waals surface area contributed by atoms with Gasteiger partial charge in [-0.2, -0.15) is 5.26 Å². The first-order valence-electron chi connectivity index (χ1n) is 8.62. The quantitative estimate of drug-likeness (QED) is 0.799. The van der Waals surface area contributed by atoms with Crippen LogP contribution in [0.2, 0.25) is 0 Å². The number of benzene rings is 2. The first kappa shape index (κ1) is 18.2. The number of allylic oxidation sites excluding steroid dienone is 1. The van der Waals surface area contributed by atoms with Crippen molar-refractivity contribution in [3.63, 3.8) is 0 Å². The highest BCUT2D eigenvalue weighted by Crippen LogP contribution is 2.31. The Morgan fingerprint density at radius 2 is 2.12 bits per heavy atom. The lowest BCUT2D eigenvalue weighted by atomic mass is 10.0. The fourth-order valence-corrected chi connectivity index (χ4v) is 3.88. The van der Waals surface area contributed by atoms with E-state index >= 15 is 0 Å². The van der Waals surface area contributed by atoms with Gasteiger partial charge in [-0.05, 0) is 75.5 Å². The summed E-state index contributed by atoms with van der Waals surface area (Å²) in [5.74, 6) is 1.49. The van der Waals surface area contributed by atoms with E-state index in [1.807, 2.05) is 25.1 Å². The van der Waals surface area contributed by atoms with Crippen LogP contribution in [0.5, 0.6) is 11.5 Å². The molecule has 132 valence electrons. The zero-order chi connectivity index (χ0) is 18.5. The SMILES string of the molecule is CCc1ccc(CC2C=CC(=O)NP2)cc1Oc1cc(C)cc(C#N)c1. The summed E-state index contributed by atoms with van der Waals surface area (Å²) in [5, 5.41) is 12.0. The monoisotopic (exact) mass is 364 g/mol. The molecule has 2 aromatic carbocycles. The zero-order valence-corrected chi connectivity index (χ0v) is 15.9. The molecule has 1 amide bonds. The Hall–Kier alpha value is -2.63. The molecule has 3 rings (SSSR count). The largest absolute Gasteiger partial charge is 0.457 e. The van der Waals surface area contributed by atoms with Gasteiger partial charge in [-0.25, -0.2) is 0 Å². The summed E-state index contributed by atoms with van der Waals surface area (Å²) in [4.78, 5) is 11.2. The fraction of sp³-hybridized carbons (Fsp3) is 0.238. The molecule has 0 spiro atoms. The van der Waals surface area contributed by atoms with Crippen LogP contribution in [-0.4, -0.2) is 11.6 Å². The number of hydrogen-bond donors (Lipinski definition) is 1. The van der Waals surface area contributed by atoms with Crippen molar-refractivity contribution in [2.45, 2.75) is 32.3 Å². The molecule has 1 aliphatic heterocycles. The van der Waals surface area contributed by atoms with Crippen LogP contribution in [0.3, 0.4) is 0 Å². The maximum atomic E-state index is 11.2. The Labute approximate surface area is 155 Å². The molecule has 0 bridgehead atoms. The Balaban J connectivity index is 1.84. The van der Waals surface area contributed by atoms with Crippen LogP contribution < -0.4 is 9.82 Å². The van der Waals surface area contributed by atoms with E-state index in [0.29, 0.717) is 25.7 Å². The number of nitrogens with one attached hydrogen (secondary N) is 1. The van der Waals surface area contributed by atoms with Crippen molar-refractivity contribution >= 4 is 14.6 Å². The van der Waals surface area contributed by atoms with Crippen LogP contribution in [0, 0.1) is 18.3 Å². The molecule has 0 radical (unpaired) electrons. The van der Waals surface area contributed by atoms with E-state index in [-0.39, 0.29) is 5.91 Å². The van der Waals surface area contributed by atoms with Crippen LogP contribution in [0.25, 0.3) is 0 Å². The second-order valence-electron chi connectivity index (χ2n) is 6.35. The molecular weight excluding hydrogens is 343 g/mol. The Bertz CT molecular complexity index is 899. The van der Waals surface area contributed by atoms with Crippen molar-refractivity contribution in [3.05, 3.63) is 70.8 Å². The van der Waals surface area contributed by atoms with Gasteiger partial charge in [0.1, 0.15) is 11.5 Å². The summed E-state index contributed by atoms with van der Waals surface area (Å²) in [6.45, 7) is 4.05. The van der Waals surface area contributed by atoms with E-state index in [1.54, 1.807) is 12.1 Å². The summed E-state index contributed by atoms with van der Waals surface area (Å²) in [5.41, 5.74) is 4.21. The average Bonchev–Trinajstić information content (AvgIpc) is 2.63. The fourth-order valence-electron chi connectivity index (χ4n) is 2.94. The maximum absolute atomic E-state index is 11.2. The molecule has 0 saturated carbocycles. The smallest absolute Gasteiger partial charge is 0.246 e. The van der Waals surface area contributed by atoms with Gasteiger partial charge in [0.25, 0.3) is 0 Å². The molecule has 0 fully saturated rings. The molecular formula is C21H21N2O2P. The van der Waals surface area contributed by atoms with Crippen molar-refractivity contribution in [1.29, 1.82) is 5.26 Å². The number of rotatable bonds is 5. The zero-order valence-electron chi connectivity index (χ0n) is 14.9. The van der Waals surface area contributed by atoms with Gasteiger partial charge in [-0.3, -0.25) is 4.79 Å². The molecule has 1 heterocycles. The lowest BCUT2D eigenvalue weighted by molar-refractivity contribution is -0.114. The third-order valence-corrected chi connectivity index (χ3v) is 5.39. The van der Waals surface area contributed by atoms with Crippen molar-refractivity contribution in [1.82, 2.24) is 5.09 Å². The summed E-state index contributed by atoms with van der Waals surface area (Å²) in [7, 11) is 0.400. The summed E-state index contributed by atoms with van der Waals surface area (Å²) in [6, 6.07) is 14.0. The second kappa shape index (κ2) is 8.17. The highest BCUT2D eigenvalue weighted by atomic mass is 31.1. The van der Waals surface area contributed by atoms with Crippen molar-refractivity contribution in [2.75, 3.05) is 0 Å². The van der Waals surface area contributed by atoms with Crippen LogP contribution in [0.1, 0.15) is 29.2 Å². The lowest BCUT2D eigenvalue weighted by Gasteiger charge is -2.18. The summed E-state index contributed by atoms with van der Waals surface area (Å²) in [6.07, 6.45) is 5.31. The number of nitrogens with zero attached hydrogens (tertiary/aromatic N) is 1. The molecule has 1 aliphatic rings. The molecule has 2 atom stereocenters. The van der Waals surface area contributed by atoms with Gasteiger partial charge >= 0.3 is 0 Å². The highest BCUT2D eigenvalue weighted by molar-refractivity contribution is 7.38. The van der Waals surface area contributed by atoms with Crippen LogP contribution >= 0.6 is 8.73 Å². The van der Waals surface area contributed by atoms with Gasteiger partial charge in [0.05, 0.1) is 11.6 Å². The third-order valence-electron chi connectivity index (χ3n) is 4.24. The first-order chi connectivity index (χ1) is 12.6. The van der Waals surface area contributed by atoms with Gasteiger partial charge in [0, 0.05) is 5.66 Å². The third kappa shape index (κ3) is 4.50. The molecule has 1 N–H and O–H groups in total. The standard InChI is InChI=1S/C21H21N2O2P/c1-3-17-5-4-15(11-19-6-7-21(24)23-26-19)12-20(17)25-18-9-14(2)8-16(10-18)13-22/h4-10,12,19,26H,3,11H2,1-2H3,(H,23,24). The predicted octanol–water partition coefficient (Wildman–Crippen LogP) is 4.41. The molecule has 0 saturated heterocycles. The molecule has 0 aliphatic carbocycles. The Kier molecular flexibility index (Phi) is 5.71. The normalized spacial score (nSPS) is 17.0. The number of hydrogen-bond acceptors (Lipinski definition) is 3. The average molecular weight is 364 g/mol. The number of nitriles is 1. The predicted molar refractivity (Wildman–Crippen MR) is 105 cm³/mol. The number of aryl methyl sites for hydroxylation is 2. The molecule has 2 unspecified atom stereocenters. The van der Waals surface area contributed by atoms with E-state index in [2.05, 4.69) is 36.3 Å². The molecule has 4 nitrogen and oxygen atoms in total. The van der Waals surface area contributed by atoms with E-state index in [1.165, 1.54) is 5.56 Å². The van der Waals surface area contributed by atoms with Crippen LogP contribution in [0.4, 0.5) is 0 Å². The van der Waals surface area contributed by atoms with Gasteiger partial charge in [-0.1, -0.05) is 25.1 Å². The van der Waals surface area contributed by atoms with Gasteiger partial charge in [0.15, 0.2) is 0 Å². The van der Waals surface area contributed by atoms with Gasteiger partial charge < -0.3 is 9.82 Å². The first-order valence-corrected chi connectivity index (χ1v) is 9.70. The molecule has 0 aromatic heterocycles. The Morgan fingerprint density at radius 3 is 2.81 bits per heavy atom. The molecule has 5 heteroatoms. The van der Waals surface area contributed by atoms with E-state index in [9.17, 15) is 4.79 Å². The van der Waals surface area contributed by atoms with Gasteiger partial charge in [0.2, 0.25) is 5.91 Å². The number of carbonyl (C=O) groups is 1. The van der Waals surface area contributed by atoms with Crippen LogP contribution in [0.15, 0.2) is 48.6 Å².